The average molecular weight is 423 g/mol. The smallest absolute Gasteiger partial charge is 0.239 e. The second-order valence-electron chi connectivity index (χ2n) is 8.48. The van der Waals surface area contributed by atoms with Gasteiger partial charge in [0, 0.05) is 64.6 Å². The molecule has 2 aromatic carbocycles. The molecule has 0 spiro atoms. The maximum Gasteiger partial charge on any atom is 0.239 e. The van der Waals surface area contributed by atoms with Crippen molar-refractivity contribution in [2.45, 2.75) is 19.5 Å². The van der Waals surface area contributed by atoms with Crippen LogP contribution in [0.1, 0.15) is 12.5 Å². The molecule has 4 rings (SSSR count). The summed E-state index contributed by atoms with van der Waals surface area (Å²) in [5.74, 6) is 1.16. The summed E-state index contributed by atoms with van der Waals surface area (Å²) in [4.78, 5) is 22.3. The van der Waals surface area contributed by atoms with Gasteiger partial charge in [0.2, 0.25) is 5.91 Å². The molecule has 0 saturated carbocycles. The maximum atomic E-state index is 13.1. The molecule has 2 aliphatic heterocycles. The zero-order valence-corrected chi connectivity index (χ0v) is 18.7. The Labute approximate surface area is 186 Å². The van der Waals surface area contributed by atoms with Crippen LogP contribution in [-0.4, -0.2) is 86.1 Å². The SMILES string of the molecule is COc1ccc(N2CCN(C(C)C(=O)N3CCN(Cc4ccccc4)CC3)CC2)cc1. The van der Waals surface area contributed by atoms with E-state index in [0.717, 1.165) is 64.7 Å². The van der Waals surface area contributed by atoms with Crippen LogP contribution in [0.4, 0.5) is 5.69 Å². The normalized spacial score (nSPS) is 19.3. The van der Waals surface area contributed by atoms with E-state index in [1.807, 2.05) is 12.1 Å². The Morgan fingerprint density at radius 2 is 1.52 bits per heavy atom. The van der Waals surface area contributed by atoms with E-state index in [0.29, 0.717) is 0 Å². The molecule has 31 heavy (non-hydrogen) atoms. The summed E-state index contributed by atoms with van der Waals surface area (Å²) in [6.07, 6.45) is 0. The molecule has 6 heteroatoms. The minimum atomic E-state index is -0.0568. The van der Waals surface area contributed by atoms with E-state index in [2.05, 4.69) is 69.0 Å². The third kappa shape index (κ3) is 5.38. The predicted octanol–water partition coefficient (Wildman–Crippen LogP) is 2.55. The van der Waals surface area contributed by atoms with Gasteiger partial charge >= 0.3 is 0 Å². The Morgan fingerprint density at radius 1 is 0.871 bits per heavy atom. The largest absolute Gasteiger partial charge is 0.497 e. The molecule has 0 bridgehead atoms. The Kier molecular flexibility index (Phi) is 7.10. The van der Waals surface area contributed by atoms with Crippen molar-refractivity contribution in [3.8, 4) is 5.75 Å². The summed E-state index contributed by atoms with van der Waals surface area (Å²) in [6.45, 7) is 10.3. The van der Waals surface area contributed by atoms with Gasteiger partial charge < -0.3 is 14.5 Å². The first kappa shape index (κ1) is 21.7. The van der Waals surface area contributed by atoms with Crippen molar-refractivity contribution in [2.75, 3.05) is 64.4 Å². The number of ether oxygens (including phenoxy) is 1. The van der Waals surface area contributed by atoms with Crippen LogP contribution < -0.4 is 9.64 Å². The molecule has 0 aliphatic carbocycles. The number of hydrogen-bond acceptors (Lipinski definition) is 5. The molecule has 2 aromatic rings. The van der Waals surface area contributed by atoms with Gasteiger partial charge in [-0.15, -0.1) is 0 Å². The highest BCUT2D eigenvalue weighted by atomic mass is 16.5. The van der Waals surface area contributed by atoms with Gasteiger partial charge in [-0.25, -0.2) is 0 Å². The van der Waals surface area contributed by atoms with E-state index < -0.39 is 0 Å². The molecule has 2 fully saturated rings. The molecule has 6 nitrogen and oxygen atoms in total. The average Bonchev–Trinajstić information content (AvgIpc) is 2.84. The number of carbonyl (C=O) groups excluding carboxylic acids is 1. The van der Waals surface area contributed by atoms with E-state index in [4.69, 9.17) is 4.74 Å². The maximum absolute atomic E-state index is 13.1. The van der Waals surface area contributed by atoms with E-state index >= 15 is 0 Å². The van der Waals surface area contributed by atoms with Crippen molar-refractivity contribution in [1.82, 2.24) is 14.7 Å². The lowest BCUT2D eigenvalue weighted by molar-refractivity contribution is -0.138. The van der Waals surface area contributed by atoms with E-state index in [1.165, 1.54) is 11.3 Å². The zero-order valence-electron chi connectivity index (χ0n) is 18.7. The number of methoxy groups -OCH3 is 1. The standard InChI is InChI=1S/C25H34N4O2/c1-21(27-16-18-28(19-17-27)23-8-10-24(31-2)11-9-23)25(30)29-14-12-26(13-15-29)20-22-6-4-3-5-7-22/h3-11,21H,12-20H2,1-2H3. The van der Waals surface area contributed by atoms with Crippen LogP contribution in [-0.2, 0) is 11.3 Å². The van der Waals surface area contributed by atoms with Gasteiger partial charge in [-0.1, -0.05) is 30.3 Å². The predicted molar refractivity (Wildman–Crippen MR) is 125 cm³/mol. The second kappa shape index (κ2) is 10.2. The first-order valence-corrected chi connectivity index (χ1v) is 11.3. The summed E-state index contributed by atoms with van der Waals surface area (Å²) in [5, 5.41) is 0. The zero-order chi connectivity index (χ0) is 21.6. The van der Waals surface area contributed by atoms with Crippen LogP contribution >= 0.6 is 0 Å². The monoisotopic (exact) mass is 422 g/mol. The number of anilines is 1. The lowest BCUT2D eigenvalue weighted by Gasteiger charge is -2.41. The molecule has 0 N–H and O–H groups in total. The van der Waals surface area contributed by atoms with E-state index in [9.17, 15) is 4.79 Å². The first-order valence-electron chi connectivity index (χ1n) is 11.3. The van der Waals surface area contributed by atoms with Crippen LogP contribution in [0.5, 0.6) is 5.75 Å². The Balaban J connectivity index is 1.23. The number of piperazine rings is 2. The van der Waals surface area contributed by atoms with Crippen LogP contribution in [0.2, 0.25) is 0 Å². The van der Waals surface area contributed by atoms with Gasteiger partial charge in [0.25, 0.3) is 0 Å². The highest BCUT2D eigenvalue weighted by Crippen LogP contribution is 2.21. The number of amides is 1. The van der Waals surface area contributed by atoms with Gasteiger partial charge in [-0.2, -0.15) is 0 Å². The number of nitrogens with zero attached hydrogens (tertiary/aromatic N) is 4. The Morgan fingerprint density at radius 3 is 2.13 bits per heavy atom. The first-order chi connectivity index (χ1) is 15.1. The van der Waals surface area contributed by atoms with Crippen LogP contribution in [0.15, 0.2) is 54.6 Å². The summed E-state index contributed by atoms with van der Waals surface area (Å²) >= 11 is 0. The van der Waals surface area contributed by atoms with Gasteiger partial charge in [0.05, 0.1) is 13.2 Å². The van der Waals surface area contributed by atoms with Crippen molar-refractivity contribution in [2.24, 2.45) is 0 Å². The fourth-order valence-corrected chi connectivity index (χ4v) is 4.55. The highest BCUT2D eigenvalue weighted by molar-refractivity contribution is 5.81. The topological polar surface area (TPSA) is 39.3 Å². The van der Waals surface area contributed by atoms with Crippen molar-refractivity contribution in [3.05, 3.63) is 60.2 Å². The minimum absolute atomic E-state index is 0.0568. The summed E-state index contributed by atoms with van der Waals surface area (Å²) < 4.78 is 5.25. The highest BCUT2D eigenvalue weighted by Gasteiger charge is 2.30. The van der Waals surface area contributed by atoms with E-state index in [-0.39, 0.29) is 11.9 Å². The van der Waals surface area contributed by atoms with Crippen LogP contribution in [0.3, 0.4) is 0 Å². The van der Waals surface area contributed by atoms with Crippen molar-refractivity contribution in [3.63, 3.8) is 0 Å². The molecule has 2 saturated heterocycles. The molecule has 166 valence electrons. The molecule has 0 radical (unpaired) electrons. The lowest BCUT2D eigenvalue weighted by atomic mass is 10.1. The summed E-state index contributed by atoms with van der Waals surface area (Å²) in [7, 11) is 1.69. The van der Waals surface area contributed by atoms with Crippen LogP contribution in [0, 0.1) is 0 Å². The van der Waals surface area contributed by atoms with Gasteiger partial charge in [0.1, 0.15) is 5.75 Å². The summed E-state index contributed by atoms with van der Waals surface area (Å²) in [5.41, 5.74) is 2.55. The molecule has 2 heterocycles. The number of rotatable bonds is 6. The van der Waals surface area contributed by atoms with E-state index in [1.54, 1.807) is 7.11 Å². The van der Waals surface area contributed by atoms with Gasteiger partial charge in [0.15, 0.2) is 0 Å². The molecule has 1 amide bonds. The number of carbonyl (C=O) groups is 1. The molecule has 1 unspecified atom stereocenters. The Bertz CT molecular complexity index is 826. The van der Waals surface area contributed by atoms with Gasteiger partial charge in [-0.3, -0.25) is 14.6 Å². The third-order valence-corrected chi connectivity index (χ3v) is 6.59. The molecular weight excluding hydrogens is 388 g/mol. The van der Waals surface area contributed by atoms with Crippen molar-refractivity contribution < 1.29 is 9.53 Å². The van der Waals surface area contributed by atoms with Gasteiger partial charge in [-0.05, 0) is 36.8 Å². The lowest BCUT2D eigenvalue weighted by Crippen LogP contribution is -2.57. The minimum Gasteiger partial charge on any atom is -0.497 e. The molecule has 2 aliphatic rings. The molecule has 0 aromatic heterocycles. The Hall–Kier alpha value is -2.57. The summed E-state index contributed by atoms with van der Waals surface area (Å²) in [6, 6.07) is 18.7. The third-order valence-electron chi connectivity index (χ3n) is 6.59. The molecule has 1 atom stereocenters. The quantitative estimate of drug-likeness (QED) is 0.716. The fourth-order valence-electron chi connectivity index (χ4n) is 4.55. The van der Waals surface area contributed by atoms with Crippen molar-refractivity contribution in [1.29, 1.82) is 0 Å². The van der Waals surface area contributed by atoms with Crippen LogP contribution in [0.25, 0.3) is 0 Å². The second-order valence-corrected chi connectivity index (χ2v) is 8.48. The molecular formula is C25H34N4O2. The fraction of sp³-hybridized carbons (Fsp3) is 0.480. The number of hydrogen-bond donors (Lipinski definition) is 0. The number of benzene rings is 2. The van der Waals surface area contributed by atoms with Crippen molar-refractivity contribution >= 4 is 11.6 Å².